The molecule has 0 aliphatic rings. The molecule has 0 aliphatic carbocycles. The Hall–Kier alpha value is -2.05. The second kappa shape index (κ2) is 5.15. The first-order valence-electron chi connectivity index (χ1n) is 6.22. The quantitative estimate of drug-likeness (QED) is 0.776. The molecule has 3 N–H and O–H groups in total. The Balaban J connectivity index is 2.88. The highest BCUT2D eigenvalue weighted by atomic mass is 16.7. The fourth-order valence-corrected chi connectivity index (χ4v) is 1.34. The number of rotatable bonds is 2. The van der Waals surface area contributed by atoms with Gasteiger partial charge < -0.3 is 19.8 Å². The summed E-state index contributed by atoms with van der Waals surface area (Å²) in [7, 11) is 0. The Bertz CT molecular complexity index is 494. The van der Waals surface area contributed by atoms with E-state index in [1.807, 2.05) is 0 Å². The van der Waals surface area contributed by atoms with Gasteiger partial charge in [-0.25, -0.2) is 4.79 Å². The Kier molecular flexibility index (Phi) is 4.12. The number of ether oxygens (including phenoxy) is 1. The lowest BCUT2D eigenvalue weighted by molar-refractivity contribution is -0.0322. The number of anilines is 1. The summed E-state index contributed by atoms with van der Waals surface area (Å²) < 4.78 is 5.89. The number of amides is 1. The minimum Gasteiger partial charge on any atom is -0.492 e. The van der Waals surface area contributed by atoms with Gasteiger partial charge in [0.1, 0.15) is 16.9 Å². The van der Waals surface area contributed by atoms with E-state index in [4.69, 9.17) is 9.57 Å². The molecule has 114 valence electrons. The molecule has 1 heterocycles. The van der Waals surface area contributed by atoms with E-state index in [9.17, 15) is 15.0 Å². The number of hydrogen-bond acceptors (Lipinski definition) is 5. The molecule has 0 radical (unpaired) electrons. The van der Waals surface area contributed by atoms with Crippen molar-refractivity contribution in [1.82, 2.24) is 4.73 Å². The fraction of sp³-hybridized carbons (Fsp3) is 0.615. The summed E-state index contributed by atoms with van der Waals surface area (Å²) in [6.45, 7) is 10.4. The fourth-order valence-electron chi connectivity index (χ4n) is 1.34. The first-order chi connectivity index (χ1) is 8.89. The topological polar surface area (TPSA) is 93.0 Å². The van der Waals surface area contributed by atoms with Gasteiger partial charge in [-0.3, -0.25) is 5.32 Å². The summed E-state index contributed by atoms with van der Waals surface area (Å²) in [6.07, 6.45) is -0.735. The first-order valence-corrected chi connectivity index (χ1v) is 6.22. The molecule has 20 heavy (non-hydrogen) atoms. The predicted molar refractivity (Wildman–Crippen MR) is 74.0 cm³/mol. The molecule has 1 amide bonds. The first kappa shape index (κ1) is 16.0. The van der Waals surface area contributed by atoms with Crippen LogP contribution >= 0.6 is 0 Å². The molecular formula is C13H22N2O5. The number of nitrogens with one attached hydrogen (secondary N) is 1. The number of aromatic hydroxyl groups is 2. The van der Waals surface area contributed by atoms with Crippen LogP contribution in [0.5, 0.6) is 11.8 Å². The molecule has 1 aromatic rings. The molecule has 7 heteroatoms. The van der Waals surface area contributed by atoms with E-state index in [1.165, 1.54) is 6.07 Å². The van der Waals surface area contributed by atoms with Crippen molar-refractivity contribution in [3.05, 3.63) is 6.07 Å². The Morgan fingerprint density at radius 1 is 1.15 bits per heavy atom. The number of hydrogen-bond donors (Lipinski definition) is 3. The van der Waals surface area contributed by atoms with Crippen molar-refractivity contribution in [2.24, 2.45) is 0 Å². The summed E-state index contributed by atoms with van der Waals surface area (Å²) in [5.41, 5.74) is -1.29. The average Bonchev–Trinajstić information content (AvgIpc) is 2.41. The van der Waals surface area contributed by atoms with E-state index in [1.54, 1.807) is 41.5 Å². The Morgan fingerprint density at radius 3 is 2.15 bits per heavy atom. The lowest BCUT2D eigenvalue weighted by atomic mass is 10.2. The minimum absolute atomic E-state index is 0.000926. The molecule has 0 fully saturated rings. The van der Waals surface area contributed by atoms with Gasteiger partial charge in [0.15, 0.2) is 0 Å². The van der Waals surface area contributed by atoms with Gasteiger partial charge in [-0.15, -0.1) is 4.73 Å². The highest BCUT2D eigenvalue weighted by Crippen LogP contribution is 2.32. The zero-order valence-electron chi connectivity index (χ0n) is 12.6. The summed E-state index contributed by atoms with van der Waals surface area (Å²) >= 11 is 0. The SMILES string of the molecule is CC(C)(C)OC(=O)Nc1cc(O)n(OC(C)(C)C)c1O. The second-order valence-corrected chi connectivity index (χ2v) is 6.36. The molecule has 0 saturated heterocycles. The molecular weight excluding hydrogens is 264 g/mol. The summed E-state index contributed by atoms with van der Waals surface area (Å²) in [4.78, 5) is 17.0. The molecule has 0 saturated carbocycles. The van der Waals surface area contributed by atoms with Crippen LogP contribution in [-0.2, 0) is 4.74 Å². The third-order valence-electron chi connectivity index (χ3n) is 1.92. The molecule has 0 spiro atoms. The van der Waals surface area contributed by atoms with Gasteiger partial charge in [0.2, 0.25) is 5.88 Å². The third-order valence-corrected chi connectivity index (χ3v) is 1.92. The van der Waals surface area contributed by atoms with Crippen molar-refractivity contribution in [1.29, 1.82) is 0 Å². The number of carbonyl (C=O) groups excluding carboxylic acids is 1. The van der Waals surface area contributed by atoms with E-state index in [0.29, 0.717) is 0 Å². The average molecular weight is 286 g/mol. The van der Waals surface area contributed by atoms with E-state index >= 15 is 0 Å². The largest absolute Gasteiger partial charge is 0.492 e. The van der Waals surface area contributed by atoms with Crippen LogP contribution in [0.2, 0.25) is 0 Å². The van der Waals surface area contributed by atoms with Crippen LogP contribution in [0.4, 0.5) is 10.5 Å². The van der Waals surface area contributed by atoms with E-state index in [0.717, 1.165) is 4.73 Å². The molecule has 0 bridgehead atoms. The molecule has 1 aromatic heterocycles. The molecule has 1 rings (SSSR count). The smallest absolute Gasteiger partial charge is 0.412 e. The Morgan fingerprint density at radius 2 is 1.70 bits per heavy atom. The van der Waals surface area contributed by atoms with Crippen LogP contribution in [-0.4, -0.2) is 32.2 Å². The van der Waals surface area contributed by atoms with Crippen molar-refractivity contribution in [3.8, 4) is 11.8 Å². The number of carbonyl (C=O) groups is 1. The van der Waals surface area contributed by atoms with Crippen molar-refractivity contribution in [2.75, 3.05) is 5.32 Å². The zero-order valence-corrected chi connectivity index (χ0v) is 12.6. The number of nitrogens with zero attached hydrogens (tertiary/aromatic N) is 1. The van der Waals surface area contributed by atoms with E-state index in [2.05, 4.69) is 5.32 Å². The van der Waals surface area contributed by atoms with Gasteiger partial charge in [-0.2, -0.15) is 0 Å². The molecule has 0 aliphatic heterocycles. The molecule has 0 unspecified atom stereocenters. The summed E-state index contributed by atoms with van der Waals surface area (Å²) in [5, 5.41) is 22.0. The predicted octanol–water partition coefficient (Wildman–Crippen LogP) is 2.47. The van der Waals surface area contributed by atoms with E-state index in [-0.39, 0.29) is 11.6 Å². The van der Waals surface area contributed by atoms with Crippen molar-refractivity contribution < 1.29 is 24.6 Å². The van der Waals surface area contributed by atoms with Gasteiger partial charge in [0, 0.05) is 6.07 Å². The molecule has 0 atom stereocenters. The van der Waals surface area contributed by atoms with Gasteiger partial charge in [0.05, 0.1) is 0 Å². The minimum atomic E-state index is -0.735. The van der Waals surface area contributed by atoms with Gasteiger partial charge in [-0.1, -0.05) is 0 Å². The monoisotopic (exact) mass is 286 g/mol. The molecule has 7 nitrogen and oxygen atoms in total. The molecule has 0 aromatic carbocycles. The summed E-state index contributed by atoms with van der Waals surface area (Å²) in [6, 6.07) is 1.17. The normalized spacial score (nSPS) is 12.1. The van der Waals surface area contributed by atoms with Gasteiger partial charge >= 0.3 is 6.09 Å². The lowest BCUT2D eigenvalue weighted by Gasteiger charge is -2.22. The van der Waals surface area contributed by atoms with Crippen LogP contribution in [0.3, 0.4) is 0 Å². The Labute approximate surface area is 118 Å². The third kappa shape index (κ3) is 4.56. The maximum Gasteiger partial charge on any atom is 0.412 e. The highest BCUT2D eigenvalue weighted by molar-refractivity contribution is 5.87. The van der Waals surface area contributed by atoms with E-state index < -0.39 is 23.2 Å². The van der Waals surface area contributed by atoms with Gasteiger partial charge in [-0.05, 0) is 41.5 Å². The second-order valence-electron chi connectivity index (χ2n) is 6.36. The van der Waals surface area contributed by atoms with Crippen molar-refractivity contribution in [2.45, 2.75) is 52.7 Å². The highest BCUT2D eigenvalue weighted by Gasteiger charge is 2.23. The van der Waals surface area contributed by atoms with Crippen LogP contribution in [0.25, 0.3) is 0 Å². The van der Waals surface area contributed by atoms with Crippen LogP contribution in [0, 0.1) is 0 Å². The number of aromatic nitrogens is 1. The zero-order chi connectivity index (χ0) is 15.7. The summed E-state index contributed by atoms with van der Waals surface area (Å²) in [5.74, 6) is -0.744. The maximum absolute atomic E-state index is 11.6. The lowest BCUT2D eigenvalue weighted by Crippen LogP contribution is -2.30. The van der Waals surface area contributed by atoms with Crippen LogP contribution in [0.1, 0.15) is 41.5 Å². The van der Waals surface area contributed by atoms with Crippen LogP contribution in [0.15, 0.2) is 6.07 Å². The maximum atomic E-state index is 11.6. The van der Waals surface area contributed by atoms with Crippen molar-refractivity contribution in [3.63, 3.8) is 0 Å². The standard InChI is InChI=1S/C13H22N2O5/c1-12(2,3)19-11(18)14-8-7-9(16)15(10(8)17)20-13(4,5)6/h7,16-17H,1-6H3,(H,14,18). The van der Waals surface area contributed by atoms with Crippen LogP contribution < -0.4 is 10.2 Å². The van der Waals surface area contributed by atoms with Crippen molar-refractivity contribution >= 4 is 11.8 Å². The van der Waals surface area contributed by atoms with Gasteiger partial charge in [0.25, 0.3) is 5.88 Å².